The van der Waals surface area contributed by atoms with E-state index in [1.165, 1.54) is 12.1 Å². The lowest BCUT2D eigenvalue weighted by atomic mass is 10.1. The molecule has 1 aromatic heterocycles. The predicted octanol–water partition coefficient (Wildman–Crippen LogP) is 1.32. The van der Waals surface area contributed by atoms with Crippen LogP contribution in [0.1, 0.15) is 12.0 Å². The maximum Gasteiger partial charge on any atom is 0.418 e. The standard InChI is InChI=1S/C14H14F3N3O2/c15-14(16,17)10-3-1-2-9-11(10)19-13(22)20(12(9)21)7-8-4-5-18-6-8/h1-3,8,18H,4-7H2,(H,19,22). The van der Waals surface area contributed by atoms with E-state index in [9.17, 15) is 22.8 Å². The molecule has 0 aliphatic carbocycles. The van der Waals surface area contributed by atoms with Crippen molar-refractivity contribution in [1.82, 2.24) is 14.9 Å². The lowest BCUT2D eigenvalue weighted by molar-refractivity contribution is -0.136. The fourth-order valence-electron chi connectivity index (χ4n) is 2.81. The maximum atomic E-state index is 13.0. The van der Waals surface area contributed by atoms with E-state index < -0.39 is 28.5 Å². The van der Waals surface area contributed by atoms with Crippen molar-refractivity contribution in [2.45, 2.75) is 19.1 Å². The van der Waals surface area contributed by atoms with E-state index in [2.05, 4.69) is 10.3 Å². The van der Waals surface area contributed by atoms with Crippen LogP contribution in [-0.4, -0.2) is 22.6 Å². The van der Waals surface area contributed by atoms with Gasteiger partial charge in [0.1, 0.15) is 0 Å². The summed E-state index contributed by atoms with van der Waals surface area (Å²) < 4.78 is 39.9. The Morgan fingerprint density at radius 3 is 2.68 bits per heavy atom. The lowest BCUT2D eigenvalue weighted by Crippen LogP contribution is -2.38. The van der Waals surface area contributed by atoms with Crippen LogP contribution in [0.15, 0.2) is 27.8 Å². The molecule has 8 heteroatoms. The number of nitrogens with zero attached hydrogens (tertiary/aromatic N) is 1. The Morgan fingerprint density at radius 1 is 1.27 bits per heavy atom. The smallest absolute Gasteiger partial charge is 0.316 e. The summed E-state index contributed by atoms with van der Waals surface area (Å²) in [5.41, 5.74) is -2.95. The average Bonchev–Trinajstić information content (AvgIpc) is 2.95. The van der Waals surface area contributed by atoms with Crippen molar-refractivity contribution < 1.29 is 13.2 Å². The zero-order valence-corrected chi connectivity index (χ0v) is 11.5. The number of aromatic amines is 1. The first-order valence-electron chi connectivity index (χ1n) is 6.91. The Labute approximate surface area is 122 Å². The van der Waals surface area contributed by atoms with Crippen LogP contribution in [0.5, 0.6) is 0 Å². The number of benzene rings is 1. The molecule has 5 nitrogen and oxygen atoms in total. The zero-order valence-electron chi connectivity index (χ0n) is 11.5. The Balaban J connectivity index is 2.18. The van der Waals surface area contributed by atoms with Gasteiger partial charge in [-0.2, -0.15) is 13.2 Å². The van der Waals surface area contributed by atoms with Crippen molar-refractivity contribution in [3.05, 3.63) is 44.6 Å². The minimum atomic E-state index is -4.63. The first-order chi connectivity index (χ1) is 10.4. The molecule has 1 unspecified atom stereocenters. The summed E-state index contributed by atoms with van der Waals surface area (Å²) in [6.07, 6.45) is -3.80. The molecule has 2 heterocycles. The van der Waals surface area contributed by atoms with Crippen molar-refractivity contribution in [2.24, 2.45) is 5.92 Å². The van der Waals surface area contributed by atoms with Crippen LogP contribution < -0.4 is 16.6 Å². The molecule has 0 radical (unpaired) electrons. The quantitative estimate of drug-likeness (QED) is 0.879. The highest BCUT2D eigenvalue weighted by Gasteiger charge is 2.33. The van der Waals surface area contributed by atoms with Gasteiger partial charge >= 0.3 is 11.9 Å². The molecule has 1 aliphatic heterocycles. The molecule has 1 aromatic carbocycles. The molecule has 2 N–H and O–H groups in total. The number of para-hydroxylation sites is 1. The molecular weight excluding hydrogens is 299 g/mol. The van der Waals surface area contributed by atoms with Gasteiger partial charge < -0.3 is 10.3 Å². The van der Waals surface area contributed by atoms with E-state index in [4.69, 9.17) is 0 Å². The fraction of sp³-hybridized carbons (Fsp3) is 0.429. The molecule has 0 bridgehead atoms. The van der Waals surface area contributed by atoms with Crippen LogP contribution in [0, 0.1) is 5.92 Å². The van der Waals surface area contributed by atoms with Gasteiger partial charge in [-0.3, -0.25) is 9.36 Å². The third-order valence-electron chi connectivity index (χ3n) is 3.93. The van der Waals surface area contributed by atoms with Crippen molar-refractivity contribution in [3.63, 3.8) is 0 Å². The summed E-state index contributed by atoms with van der Waals surface area (Å²) in [5, 5.41) is 3.00. The topological polar surface area (TPSA) is 66.9 Å². The number of halogens is 3. The van der Waals surface area contributed by atoms with Crippen LogP contribution in [0.25, 0.3) is 10.9 Å². The molecule has 0 amide bonds. The predicted molar refractivity (Wildman–Crippen MR) is 74.8 cm³/mol. The van der Waals surface area contributed by atoms with Crippen molar-refractivity contribution >= 4 is 10.9 Å². The van der Waals surface area contributed by atoms with Gasteiger partial charge in [0, 0.05) is 6.54 Å². The zero-order chi connectivity index (χ0) is 15.9. The number of aromatic nitrogens is 2. The Morgan fingerprint density at radius 2 is 2.05 bits per heavy atom. The summed E-state index contributed by atoms with van der Waals surface area (Å²) in [6.45, 7) is 1.70. The normalized spacial score (nSPS) is 19.0. The van der Waals surface area contributed by atoms with Crippen LogP contribution in [-0.2, 0) is 12.7 Å². The van der Waals surface area contributed by atoms with Gasteiger partial charge in [0.15, 0.2) is 0 Å². The molecule has 22 heavy (non-hydrogen) atoms. The minimum Gasteiger partial charge on any atom is -0.316 e. The van der Waals surface area contributed by atoms with Gasteiger partial charge in [-0.1, -0.05) is 6.07 Å². The second-order valence-corrected chi connectivity index (χ2v) is 5.43. The summed E-state index contributed by atoms with van der Waals surface area (Å²) in [7, 11) is 0. The van der Waals surface area contributed by atoms with Gasteiger partial charge in [0.05, 0.1) is 16.5 Å². The first-order valence-corrected chi connectivity index (χ1v) is 6.91. The number of hydrogen-bond acceptors (Lipinski definition) is 3. The summed E-state index contributed by atoms with van der Waals surface area (Å²) in [5.74, 6) is 0.127. The maximum absolute atomic E-state index is 13.0. The lowest BCUT2D eigenvalue weighted by Gasteiger charge is -2.13. The van der Waals surface area contributed by atoms with E-state index in [1.807, 2.05) is 0 Å². The molecule has 1 saturated heterocycles. The highest BCUT2D eigenvalue weighted by molar-refractivity contribution is 5.81. The molecule has 1 atom stereocenters. The highest BCUT2D eigenvalue weighted by Crippen LogP contribution is 2.32. The molecule has 2 aromatic rings. The van der Waals surface area contributed by atoms with Crippen LogP contribution >= 0.6 is 0 Å². The third kappa shape index (κ3) is 2.54. The Kier molecular flexibility index (Phi) is 3.56. The van der Waals surface area contributed by atoms with Gasteiger partial charge in [-0.25, -0.2) is 4.79 Å². The van der Waals surface area contributed by atoms with Gasteiger partial charge in [-0.05, 0) is 37.6 Å². The number of hydrogen-bond donors (Lipinski definition) is 2. The number of alkyl halides is 3. The molecular formula is C14H14F3N3O2. The Hall–Kier alpha value is -2.09. The second kappa shape index (κ2) is 5.28. The van der Waals surface area contributed by atoms with Gasteiger partial charge in [0.25, 0.3) is 5.56 Å². The SMILES string of the molecule is O=c1[nH]c2c(C(F)(F)F)cccc2c(=O)n1CC1CCNC1. The molecule has 0 spiro atoms. The van der Waals surface area contributed by atoms with Crippen molar-refractivity contribution in [3.8, 4) is 0 Å². The highest BCUT2D eigenvalue weighted by atomic mass is 19.4. The van der Waals surface area contributed by atoms with E-state index in [0.29, 0.717) is 6.54 Å². The average molecular weight is 313 g/mol. The van der Waals surface area contributed by atoms with E-state index in [1.54, 1.807) is 0 Å². The number of fused-ring (bicyclic) bond motifs is 1. The minimum absolute atomic E-state index is 0.125. The summed E-state index contributed by atoms with van der Waals surface area (Å²) >= 11 is 0. The molecule has 1 aliphatic rings. The summed E-state index contributed by atoms with van der Waals surface area (Å²) in [4.78, 5) is 26.6. The summed E-state index contributed by atoms with van der Waals surface area (Å²) in [6, 6.07) is 3.32. The van der Waals surface area contributed by atoms with E-state index in [-0.39, 0.29) is 17.8 Å². The molecule has 0 saturated carbocycles. The van der Waals surface area contributed by atoms with Gasteiger partial charge in [-0.15, -0.1) is 0 Å². The van der Waals surface area contributed by atoms with Crippen molar-refractivity contribution in [1.29, 1.82) is 0 Å². The number of H-pyrrole nitrogens is 1. The van der Waals surface area contributed by atoms with Gasteiger partial charge in [0.2, 0.25) is 0 Å². The largest absolute Gasteiger partial charge is 0.418 e. The third-order valence-corrected chi connectivity index (χ3v) is 3.93. The molecule has 1 fully saturated rings. The van der Waals surface area contributed by atoms with Crippen LogP contribution in [0.2, 0.25) is 0 Å². The van der Waals surface area contributed by atoms with Crippen LogP contribution in [0.3, 0.4) is 0 Å². The fourth-order valence-corrected chi connectivity index (χ4v) is 2.81. The number of nitrogens with one attached hydrogen (secondary N) is 2. The van der Waals surface area contributed by atoms with Crippen molar-refractivity contribution in [2.75, 3.05) is 13.1 Å². The van der Waals surface area contributed by atoms with Crippen LogP contribution in [0.4, 0.5) is 13.2 Å². The monoisotopic (exact) mass is 313 g/mol. The second-order valence-electron chi connectivity index (χ2n) is 5.43. The van der Waals surface area contributed by atoms with E-state index >= 15 is 0 Å². The van der Waals surface area contributed by atoms with E-state index in [0.717, 1.165) is 23.6 Å². The Bertz CT molecular complexity index is 817. The molecule has 118 valence electrons. The molecule has 3 rings (SSSR count). The number of rotatable bonds is 2. The first kappa shape index (κ1) is 14.8.